The van der Waals surface area contributed by atoms with Crippen LogP contribution in [0.5, 0.6) is 0 Å². The van der Waals surface area contributed by atoms with E-state index in [4.69, 9.17) is 4.74 Å². The van der Waals surface area contributed by atoms with E-state index < -0.39 is 6.60 Å². The van der Waals surface area contributed by atoms with Gasteiger partial charge in [-0.25, -0.2) is 0 Å². The molecule has 0 aromatic heterocycles. The first-order chi connectivity index (χ1) is 12.2. The van der Waals surface area contributed by atoms with Gasteiger partial charge in [0.1, 0.15) is 0 Å². The number of benzene rings is 3. The second-order valence-corrected chi connectivity index (χ2v) is 11.2. The molecule has 3 aromatic carbocycles. The van der Waals surface area contributed by atoms with Gasteiger partial charge in [-0.3, -0.25) is 0 Å². The molecule has 0 fully saturated rings. The van der Waals surface area contributed by atoms with Crippen LogP contribution in [-0.4, -0.2) is 19.0 Å². The van der Waals surface area contributed by atoms with Crippen molar-refractivity contribution in [1.29, 1.82) is 0 Å². The van der Waals surface area contributed by atoms with Crippen LogP contribution in [0.1, 0.15) is 6.92 Å². The summed E-state index contributed by atoms with van der Waals surface area (Å²) >= 11 is 0. The summed E-state index contributed by atoms with van der Waals surface area (Å²) in [6, 6.07) is 30.4. The van der Waals surface area contributed by atoms with Crippen molar-refractivity contribution in [2.75, 3.05) is 13.3 Å². The molecule has 0 N–H and O–H groups in total. The van der Waals surface area contributed by atoms with Crippen LogP contribution >= 0.6 is 6.60 Å². The molecule has 0 amide bonds. The van der Waals surface area contributed by atoms with Crippen molar-refractivity contribution >= 4 is 28.2 Å². The molecule has 0 unspecified atom stereocenters. The molecule has 3 rings (SSSR count). The minimum absolute atomic E-state index is 0.142. The van der Waals surface area contributed by atoms with Gasteiger partial charge in [-0.2, -0.15) is 0 Å². The molecule has 2 nitrogen and oxygen atoms in total. The number of hydrogen-bond acceptors (Lipinski definition) is 2. The van der Waals surface area contributed by atoms with Crippen LogP contribution < -0.4 is 15.9 Å². The van der Waals surface area contributed by atoms with Crippen molar-refractivity contribution in [3.05, 3.63) is 91.0 Å². The number of rotatable bonds is 5. The molecule has 0 bridgehead atoms. The van der Waals surface area contributed by atoms with E-state index in [1.807, 2.05) is 54.6 Å². The van der Waals surface area contributed by atoms with Gasteiger partial charge in [0, 0.05) is 0 Å². The molecule has 0 aliphatic heterocycles. The number of carbonyl (C=O) groups excluding carboxylic acids is 1. The van der Waals surface area contributed by atoms with Gasteiger partial charge in [-0.15, -0.1) is 0 Å². The summed E-state index contributed by atoms with van der Waals surface area (Å²) in [5.74, 6) is 0. The molecule has 0 aliphatic carbocycles. The van der Waals surface area contributed by atoms with Gasteiger partial charge in [-0.1, -0.05) is 0 Å². The van der Waals surface area contributed by atoms with E-state index in [2.05, 4.69) is 43.3 Å². The Hall–Kier alpha value is -2.44. The summed E-state index contributed by atoms with van der Waals surface area (Å²) < 4.78 is 5.49. The Balaban J connectivity index is 2.56. The predicted octanol–water partition coefficient (Wildman–Crippen LogP) is 4.30. The monoisotopic (exact) mass is 350 g/mol. The SMILES string of the molecule is CCP(C(=O)OC)(c1ccccc1)(c1ccccc1)c1ccccc1. The molecule has 0 heterocycles. The van der Waals surface area contributed by atoms with Gasteiger partial charge >= 0.3 is 149 Å². The molecule has 3 aromatic rings. The average molecular weight is 350 g/mol. The summed E-state index contributed by atoms with van der Waals surface area (Å²) in [5, 5.41) is 3.13. The zero-order valence-electron chi connectivity index (χ0n) is 14.6. The molecule has 0 spiro atoms. The first-order valence-electron chi connectivity index (χ1n) is 8.47. The number of methoxy groups -OCH3 is 1. The quantitative estimate of drug-likeness (QED) is 0.641. The summed E-state index contributed by atoms with van der Waals surface area (Å²) in [7, 11) is 1.49. The van der Waals surface area contributed by atoms with Crippen LogP contribution in [0.3, 0.4) is 0 Å². The minimum atomic E-state index is -3.43. The molecule has 25 heavy (non-hydrogen) atoms. The van der Waals surface area contributed by atoms with Crippen molar-refractivity contribution in [2.45, 2.75) is 6.92 Å². The Morgan fingerprint density at radius 1 is 0.720 bits per heavy atom. The van der Waals surface area contributed by atoms with Gasteiger partial charge in [-0.05, 0) is 0 Å². The molecule has 0 saturated carbocycles. The van der Waals surface area contributed by atoms with Crippen LogP contribution in [0.4, 0.5) is 4.79 Å². The predicted molar refractivity (Wildman–Crippen MR) is 108 cm³/mol. The molecular weight excluding hydrogens is 327 g/mol. The van der Waals surface area contributed by atoms with Crippen LogP contribution in [0.25, 0.3) is 0 Å². The maximum absolute atomic E-state index is 13.6. The van der Waals surface area contributed by atoms with Gasteiger partial charge in [0.25, 0.3) is 0 Å². The van der Waals surface area contributed by atoms with E-state index in [1.165, 1.54) is 7.11 Å². The zero-order chi connectivity index (χ0) is 17.8. The molecule has 0 radical (unpaired) electrons. The Morgan fingerprint density at radius 3 is 1.28 bits per heavy atom. The fourth-order valence-electron chi connectivity index (χ4n) is 3.91. The average Bonchev–Trinajstić information content (AvgIpc) is 2.72. The number of carbonyl (C=O) groups is 1. The van der Waals surface area contributed by atoms with Gasteiger partial charge in [0.05, 0.1) is 0 Å². The summed E-state index contributed by atoms with van der Waals surface area (Å²) in [5.41, 5.74) is -0.142. The van der Waals surface area contributed by atoms with Crippen LogP contribution in [0, 0.1) is 0 Å². The van der Waals surface area contributed by atoms with Gasteiger partial charge in [0.15, 0.2) is 0 Å². The number of hydrogen-bond donors (Lipinski definition) is 0. The number of ether oxygens (including phenoxy) is 1. The summed E-state index contributed by atoms with van der Waals surface area (Å²) in [6.07, 6.45) is 0.677. The normalized spacial score (nSPS) is 12.8. The first-order valence-corrected chi connectivity index (χ1v) is 10.9. The maximum atomic E-state index is 13.6. The molecule has 128 valence electrons. The first kappa shape index (κ1) is 17.4. The van der Waals surface area contributed by atoms with Crippen molar-refractivity contribution in [2.24, 2.45) is 0 Å². The van der Waals surface area contributed by atoms with Crippen molar-refractivity contribution in [3.63, 3.8) is 0 Å². The van der Waals surface area contributed by atoms with Crippen LogP contribution in [0.2, 0.25) is 0 Å². The van der Waals surface area contributed by atoms with E-state index in [0.29, 0.717) is 6.16 Å². The van der Waals surface area contributed by atoms with E-state index in [1.54, 1.807) is 0 Å². The Labute approximate surface area is 149 Å². The standard InChI is InChI=1S/C22H23O2P/c1-3-25(22(23)24-2,19-13-7-4-8-14-19,20-15-9-5-10-16-20)21-17-11-6-12-18-21/h4-18H,3H2,1-2H3. The third kappa shape index (κ3) is 2.33. The topological polar surface area (TPSA) is 26.3 Å². The third-order valence-electron chi connectivity index (χ3n) is 5.19. The van der Waals surface area contributed by atoms with E-state index in [-0.39, 0.29) is 5.71 Å². The third-order valence-corrected chi connectivity index (χ3v) is 11.8. The molecular formula is C22H23O2P. The zero-order valence-corrected chi connectivity index (χ0v) is 15.5. The molecule has 0 aliphatic rings. The van der Waals surface area contributed by atoms with Crippen LogP contribution in [-0.2, 0) is 4.74 Å². The van der Waals surface area contributed by atoms with Gasteiger partial charge in [0.2, 0.25) is 0 Å². The fraction of sp³-hybridized carbons (Fsp3) is 0.136. The van der Waals surface area contributed by atoms with Crippen molar-refractivity contribution in [3.8, 4) is 0 Å². The summed E-state index contributed by atoms with van der Waals surface area (Å²) in [6.45, 7) is -1.33. The Kier molecular flexibility index (Phi) is 4.74. The second-order valence-electron chi connectivity index (χ2n) is 6.10. The summed E-state index contributed by atoms with van der Waals surface area (Å²) in [4.78, 5) is 13.6. The Morgan fingerprint density at radius 2 is 1.04 bits per heavy atom. The molecule has 0 saturated heterocycles. The van der Waals surface area contributed by atoms with E-state index >= 15 is 0 Å². The van der Waals surface area contributed by atoms with Crippen molar-refractivity contribution < 1.29 is 9.53 Å². The van der Waals surface area contributed by atoms with E-state index in [0.717, 1.165) is 15.9 Å². The molecule has 3 heteroatoms. The van der Waals surface area contributed by atoms with Crippen molar-refractivity contribution in [1.82, 2.24) is 0 Å². The van der Waals surface area contributed by atoms with Crippen LogP contribution in [0.15, 0.2) is 91.0 Å². The fourth-order valence-corrected chi connectivity index (χ4v) is 9.69. The second kappa shape index (κ2) is 6.82. The van der Waals surface area contributed by atoms with E-state index in [9.17, 15) is 4.79 Å². The Bertz CT molecular complexity index is 746. The van der Waals surface area contributed by atoms with Gasteiger partial charge < -0.3 is 0 Å². The molecule has 0 atom stereocenters.